The van der Waals surface area contributed by atoms with E-state index >= 15 is 0 Å². The molecule has 0 atom stereocenters. The van der Waals surface area contributed by atoms with Crippen LogP contribution in [0.25, 0.3) is 0 Å². The van der Waals surface area contributed by atoms with Crippen molar-refractivity contribution >= 4 is 34.2 Å². The van der Waals surface area contributed by atoms with Crippen molar-refractivity contribution in [3.63, 3.8) is 0 Å². The molecule has 98 valence electrons. The lowest BCUT2D eigenvalue weighted by molar-refractivity contribution is 0.102. The van der Waals surface area contributed by atoms with Crippen molar-refractivity contribution in [1.29, 1.82) is 0 Å². The zero-order valence-corrected chi connectivity index (χ0v) is 12.8. The summed E-state index contributed by atoms with van der Waals surface area (Å²) in [6.07, 6.45) is 0. The van der Waals surface area contributed by atoms with Crippen molar-refractivity contribution in [3.8, 4) is 0 Å². The average Bonchev–Trinajstić information content (AvgIpc) is 2.37. The van der Waals surface area contributed by atoms with Gasteiger partial charge in [-0.3, -0.25) is 4.79 Å². The third-order valence-electron chi connectivity index (χ3n) is 2.86. The summed E-state index contributed by atoms with van der Waals surface area (Å²) in [6.45, 7) is 3.67. The van der Waals surface area contributed by atoms with Crippen LogP contribution >= 0.6 is 22.6 Å². The number of halogens is 2. The van der Waals surface area contributed by atoms with Gasteiger partial charge in [-0.15, -0.1) is 0 Å². The molecule has 0 aromatic heterocycles. The Hall–Kier alpha value is -1.43. The minimum absolute atomic E-state index is 0.307. The predicted octanol–water partition coefficient (Wildman–Crippen LogP) is 4.30. The maximum absolute atomic E-state index is 13.4. The van der Waals surface area contributed by atoms with E-state index in [4.69, 9.17) is 0 Å². The Labute approximate surface area is 125 Å². The molecule has 4 heteroatoms. The first-order valence-electron chi connectivity index (χ1n) is 5.81. The van der Waals surface area contributed by atoms with Gasteiger partial charge in [0.2, 0.25) is 0 Å². The van der Waals surface area contributed by atoms with Crippen LogP contribution in [0.3, 0.4) is 0 Å². The number of benzene rings is 2. The Morgan fingerprint density at radius 1 is 1.11 bits per heavy atom. The van der Waals surface area contributed by atoms with Gasteiger partial charge in [-0.05, 0) is 71.8 Å². The first kappa shape index (κ1) is 14.0. The normalized spacial score (nSPS) is 10.3. The molecule has 0 aliphatic heterocycles. The van der Waals surface area contributed by atoms with Gasteiger partial charge >= 0.3 is 0 Å². The van der Waals surface area contributed by atoms with Crippen LogP contribution in [0.5, 0.6) is 0 Å². The van der Waals surface area contributed by atoms with Crippen LogP contribution < -0.4 is 5.32 Å². The first-order valence-corrected chi connectivity index (χ1v) is 6.89. The van der Waals surface area contributed by atoms with Crippen LogP contribution in [0.4, 0.5) is 10.1 Å². The molecule has 1 N–H and O–H groups in total. The Morgan fingerprint density at radius 2 is 1.79 bits per heavy atom. The molecule has 2 rings (SSSR count). The summed E-state index contributed by atoms with van der Waals surface area (Å²) in [6, 6.07) is 10.1. The molecule has 2 aromatic carbocycles. The van der Waals surface area contributed by atoms with Crippen LogP contribution in [-0.2, 0) is 0 Å². The molecule has 1 amide bonds. The number of carbonyl (C=O) groups is 1. The van der Waals surface area contributed by atoms with Crippen LogP contribution in [-0.4, -0.2) is 5.91 Å². The summed E-state index contributed by atoms with van der Waals surface area (Å²) in [4.78, 5) is 12.0. The smallest absolute Gasteiger partial charge is 0.255 e. The average molecular weight is 369 g/mol. The summed E-state index contributed by atoms with van der Waals surface area (Å²) < 4.78 is 14.5. The molecule has 0 aliphatic rings. The number of hydrogen-bond donors (Lipinski definition) is 1. The third kappa shape index (κ3) is 3.32. The van der Waals surface area contributed by atoms with Gasteiger partial charge in [0.1, 0.15) is 5.82 Å². The van der Waals surface area contributed by atoms with E-state index in [1.807, 2.05) is 25.1 Å². The number of amides is 1. The van der Waals surface area contributed by atoms with Gasteiger partial charge in [-0.1, -0.05) is 12.1 Å². The number of aryl methyl sites for hydroxylation is 2. The second-order valence-electron chi connectivity index (χ2n) is 4.38. The number of rotatable bonds is 2. The molecule has 2 aromatic rings. The second-order valence-corrected chi connectivity index (χ2v) is 5.54. The fourth-order valence-electron chi connectivity index (χ4n) is 1.61. The van der Waals surface area contributed by atoms with Crippen molar-refractivity contribution < 1.29 is 9.18 Å². The van der Waals surface area contributed by atoms with Crippen molar-refractivity contribution in [3.05, 3.63) is 62.5 Å². The Bertz CT molecular complexity index is 640. The lowest BCUT2D eigenvalue weighted by atomic mass is 10.1. The Kier molecular flexibility index (Phi) is 4.19. The standard InChI is InChI=1S/C15H13FINO/c1-9-3-5-11(7-13(9)16)15(19)18-12-6-4-10(2)14(17)8-12/h3-8H,1-2H3,(H,18,19). The van der Waals surface area contributed by atoms with Gasteiger partial charge in [-0.25, -0.2) is 4.39 Å². The van der Waals surface area contributed by atoms with Crippen molar-refractivity contribution in [1.82, 2.24) is 0 Å². The molecule has 0 saturated heterocycles. The van der Waals surface area contributed by atoms with E-state index in [2.05, 4.69) is 27.9 Å². The van der Waals surface area contributed by atoms with E-state index in [0.717, 1.165) is 9.13 Å². The number of carbonyl (C=O) groups excluding carboxylic acids is 1. The van der Waals surface area contributed by atoms with Crippen molar-refractivity contribution in [2.45, 2.75) is 13.8 Å². The highest BCUT2D eigenvalue weighted by atomic mass is 127. The van der Waals surface area contributed by atoms with Gasteiger partial charge in [-0.2, -0.15) is 0 Å². The van der Waals surface area contributed by atoms with Crippen LogP contribution in [0, 0.1) is 23.2 Å². The monoisotopic (exact) mass is 369 g/mol. The fraction of sp³-hybridized carbons (Fsp3) is 0.133. The van der Waals surface area contributed by atoms with Gasteiger partial charge < -0.3 is 5.32 Å². The lowest BCUT2D eigenvalue weighted by Gasteiger charge is -2.07. The SMILES string of the molecule is Cc1ccc(C(=O)Nc2ccc(C)c(I)c2)cc1F. The zero-order chi connectivity index (χ0) is 14.0. The molecule has 19 heavy (non-hydrogen) atoms. The largest absolute Gasteiger partial charge is 0.322 e. The molecular formula is C15H13FINO. The summed E-state index contributed by atoms with van der Waals surface area (Å²) >= 11 is 2.21. The predicted molar refractivity (Wildman–Crippen MR) is 83.0 cm³/mol. The molecule has 0 heterocycles. The van der Waals surface area contributed by atoms with E-state index in [-0.39, 0.29) is 11.7 Å². The molecule has 0 spiro atoms. The highest BCUT2D eigenvalue weighted by Crippen LogP contribution is 2.18. The lowest BCUT2D eigenvalue weighted by Crippen LogP contribution is -2.12. The maximum atomic E-state index is 13.4. The van der Waals surface area contributed by atoms with Gasteiger partial charge in [0, 0.05) is 14.8 Å². The van der Waals surface area contributed by atoms with Crippen molar-refractivity contribution in [2.24, 2.45) is 0 Å². The third-order valence-corrected chi connectivity index (χ3v) is 4.03. The van der Waals surface area contributed by atoms with E-state index in [0.29, 0.717) is 16.8 Å². The summed E-state index contributed by atoms with van der Waals surface area (Å²) in [5.74, 6) is -0.676. The Morgan fingerprint density at radius 3 is 2.42 bits per heavy atom. The molecule has 0 aliphatic carbocycles. The molecule has 0 radical (unpaired) electrons. The van der Waals surface area contributed by atoms with Gasteiger partial charge in [0.25, 0.3) is 5.91 Å². The molecule has 0 saturated carbocycles. The fourth-order valence-corrected chi connectivity index (χ4v) is 2.12. The minimum atomic E-state index is -0.369. The first-order chi connectivity index (χ1) is 8.97. The topological polar surface area (TPSA) is 29.1 Å². The van der Waals surface area contributed by atoms with E-state index in [1.165, 1.54) is 6.07 Å². The van der Waals surface area contributed by atoms with Crippen LogP contribution in [0.2, 0.25) is 0 Å². The van der Waals surface area contributed by atoms with E-state index in [9.17, 15) is 9.18 Å². The highest BCUT2D eigenvalue weighted by molar-refractivity contribution is 14.1. The maximum Gasteiger partial charge on any atom is 0.255 e. The summed E-state index contributed by atoms with van der Waals surface area (Å²) in [5.41, 5.74) is 2.71. The quantitative estimate of drug-likeness (QED) is 0.786. The van der Waals surface area contributed by atoms with Crippen LogP contribution in [0.15, 0.2) is 36.4 Å². The molecule has 0 fully saturated rings. The van der Waals surface area contributed by atoms with Crippen molar-refractivity contribution in [2.75, 3.05) is 5.32 Å². The number of nitrogens with one attached hydrogen (secondary N) is 1. The minimum Gasteiger partial charge on any atom is -0.322 e. The molecular weight excluding hydrogens is 356 g/mol. The molecule has 2 nitrogen and oxygen atoms in total. The van der Waals surface area contributed by atoms with E-state index < -0.39 is 0 Å². The molecule has 0 bridgehead atoms. The highest BCUT2D eigenvalue weighted by Gasteiger charge is 2.09. The summed E-state index contributed by atoms with van der Waals surface area (Å²) in [5, 5.41) is 2.76. The number of hydrogen-bond acceptors (Lipinski definition) is 1. The zero-order valence-electron chi connectivity index (χ0n) is 10.6. The van der Waals surface area contributed by atoms with Gasteiger partial charge in [0.15, 0.2) is 0 Å². The second kappa shape index (κ2) is 5.69. The Balaban J connectivity index is 2.20. The molecule has 0 unspecified atom stereocenters. The number of anilines is 1. The van der Waals surface area contributed by atoms with Gasteiger partial charge in [0.05, 0.1) is 0 Å². The van der Waals surface area contributed by atoms with E-state index in [1.54, 1.807) is 19.1 Å². The van der Waals surface area contributed by atoms with Crippen LogP contribution in [0.1, 0.15) is 21.5 Å². The summed E-state index contributed by atoms with van der Waals surface area (Å²) in [7, 11) is 0.